The molecule has 7 heteroatoms. The van der Waals surface area contributed by atoms with Crippen LogP contribution >= 0.6 is 0 Å². The number of nitro benzene ring substituents is 1. The predicted molar refractivity (Wildman–Crippen MR) is 99.0 cm³/mol. The van der Waals surface area contributed by atoms with Gasteiger partial charge >= 0.3 is 0 Å². The molecule has 0 unspecified atom stereocenters. The molecule has 2 atom stereocenters. The monoisotopic (exact) mass is 380 g/mol. The molecule has 28 heavy (non-hydrogen) atoms. The second-order valence-corrected chi connectivity index (χ2v) is 7.13. The quantitative estimate of drug-likeness (QED) is 0.649. The average molecular weight is 380 g/mol. The molecule has 0 saturated heterocycles. The SMILES string of the molecule is O=C1C[C@@H](c2cccc([N+](=O)[O-])c2)C2=C(C[C@@H](c3ccc(F)cc3)CC2=O)N1. The van der Waals surface area contributed by atoms with Gasteiger partial charge in [0.25, 0.3) is 5.69 Å². The second-order valence-electron chi connectivity index (χ2n) is 7.13. The van der Waals surface area contributed by atoms with Crippen molar-refractivity contribution in [2.45, 2.75) is 31.1 Å². The number of amides is 1. The first kappa shape index (κ1) is 18.0. The van der Waals surface area contributed by atoms with E-state index in [1.807, 2.05) is 0 Å². The van der Waals surface area contributed by atoms with Crippen LogP contribution in [0.4, 0.5) is 10.1 Å². The van der Waals surface area contributed by atoms with E-state index in [1.54, 1.807) is 24.3 Å². The Labute approximate surface area is 160 Å². The minimum Gasteiger partial charge on any atom is -0.329 e. The number of rotatable bonds is 3. The maximum atomic E-state index is 13.2. The van der Waals surface area contributed by atoms with Crippen LogP contribution in [0, 0.1) is 15.9 Å². The Morgan fingerprint density at radius 1 is 1.00 bits per heavy atom. The van der Waals surface area contributed by atoms with E-state index in [2.05, 4.69) is 5.32 Å². The number of hydrogen-bond acceptors (Lipinski definition) is 4. The van der Waals surface area contributed by atoms with Gasteiger partial charge in [0.05, 0.1) is 4.92 Å². The van der Waals surface area contributed by atoms with Crippen molar-refractivity contribution in [3.63, 3.8) is 0 Å². The van der Waals surface area contributed by atoms with Crippen LogP contribution < -0.4 is 5.32 Å². The summed E-state index contributed by atoms with van der Waals surface area (Å²) in [6, 6.07) is 12.1. The number of halogens is 1. The lowest BCUT2D eigenvalue weighted by Gasteiger charge is -2.34. The number of non-ortho nitro benzene ring substituents is 1. The molecule has 2 aromatic carbocycles. The minimum absolute atomic E-state index is 0.0712. The van der Waals surface area contributed by atoms with Crippen LogP contribution in [0.5, 0.6) is 0 Å². The number of carbonyl (C=O) groups is 2. The van der Waals surface area contributed by atoms with E-state index >= 15 is 0 Å². The predicted octanol–water partition coefficient (Wildman–Crippen LogP) is 3.74. The topological polar surface area (TPSA) is 89.3 Å². The lowest BCUT2D eigenvalue weighted by molar-refractivity contribution is -0.384. The summed E-state index contributed by atoms with van der Waals surface area (Å²) in [5, 5.41) is 13.9. The lowest BCUT2D eigenvalue weighted by atomic mass is 9.73. The third-order valence-corrected chi connectivity index (χ3v) is 5.36. The molecule has 2 aromatic rings. The molecule has 4 rings (SSSR count). The highest BCUT2D eigenvalue weighted by Crippen LogP contribution is 2.42. The van der Waals surface area contributed by atoms with Gasteiger partial charge in [-0.15, -0.1) is 0 Å². The molecule has 1 N–H and O–H groups in total. The second kappa shape index (κ2) is 6.99. The summed E-state index contributed by atoms with van der Waals surface area (Å²) in [5.41, 5.74) is 2.45. The molecule has 1 heterocycles. The van der Waals surface area contributed by atoms with Gasteiger partial charge in [0.15, 0.2) is 5.78 Å². The summed E-state index contributed by atoms with van der Waals surface area (Å²) in [5.74, 6) is -1.29. The third kappa shape index (κ3) is 3.31. The highest BCUT2D eigenvalue weighted by atomic mass is 19.1. The van der Waals surface area contributed by atoms with Gasteiger partial charge in [-0.05, 0) is 35.6 Å². The van der Waals surface area contributed by atoms with Crippen molar-refractivity contribution >= 4 is 17.4 Å². The van der Waals surface area contributed by atoms with Crippen molar-refractivity contribution in [1.29, 1.82) is 0 Å². The third-order valence-electron chi connectivity index (χ3n) is 5.36. The van der Waals surface area contributed by atoms with Crippen molar-refractivity contribution in [2.75, 3.05) is 0 Å². The molecule has 0 bridgehead atoms. The maximum Gasteiger partial charge on any atom is 0.269 e. The van der Waals surface area contributed by atoms with Gasteiger partial charge < -0.3 is 5.32 Å². The van der Waals surface area contributed by atoms with Gasteiger partial charge in [0, 0.05) is 42.2 Å². The molecule has 0 fully saturated rings. The van der Waals surface area contributed by atoms with E-state index in [9.17, 15) is 24.1 Å². The summed E-state index contributed by atoms with van der Waals surface area (Å²) < 4.78 is 13.2. The molecule has 0 radical (unpaired) electrons. The molecule has 1 aliphatic heterocycles. The standard InChI is InChI=1S/C21H17FN2O4/c22-15-6-4-12(5-7-15)14-9-18-21(19(25)10-14)17(11-20(26)23-18)13-2-1-3-16(8-13)24(27)28/h1-8,14,17H,9-11H2,(H,23,26)/t14-,17+/m1/s1. The highest BCUT2D eigenvalue weighted by molar-refractivity contribution is 6.02. The van der Waals surface area contributed by atoms with Gasteiger partial charge in [-0.2, -0.15) is 0 Å². The van der Waals surface area contributed by atoms with E-state index in [0.29, 0.717) is 23.3 Å². The number of nitrogens with one attached hydrogen (secondary N) is 1. The van der Waals surface area contributed by atoms with Gasteiger partial charge in [-0.1, -0.05) is 24.3 Å². The zero-order valence-corrected chi connectivity index (χ0v) is 14.9. The molecular formula is C21H17FN2O4. The van der Waals surface area contributed by atoms with E-state index in [-0.39, 0.29) is 42.0 Å². The number of allylic oxidation sites excluding steroid dienone is 2. The molecule has 2 aliphatic rings. The Morgan fingerprint density at radius 2 is 1.75 bits per heavy atom. The summed E-state index contributed by atoms with van der Waals surface area (Å²) in [7, 11) is 0. The number of benzene rings is 2. The van der Waals surface area contributed by atoms with Crippen LogP contribution in [0.25, 0.3) is 0 Å². The van der Waals surface area contributed by atoms with Gasteiger partial charge in [0.2, 0.25) is 5.91 Å². The van der Waals surface area contributed by atoms with Crippen LogP contribution in [0.2, 0.25) is 0 Å². The van der Waals surface area contributed by atoms with Gasteiger partial charge in [-0.25, -0.2) is 4.39 Å². The molecule has 0 saturated carbocycles. The summed E-state index contributed by atoms with van der Waals surface area (Å²) in [6.45, 7) is 0. The maximum absolute atomic E-state index is 13.2. The van der Waals surface area contributed by atoms with E-state index in [4.69, 9.17) is 0 Å². The van der Waals surface area contributed by atoms with Crippen LogP contribution in [0.15, 0.2) is 59.8 Å². The Bertz CT molecular complexity index is 1010. The van der Waals surface area contributed by atoms with Crippen LogP contribution in [0.3, 0.4) is 0 Å². The normalized spacial score (nSPS) is 21.9. The number of hydrogen-bond donors (Lipinski definition) is 1. The van der Waals surface area contributed by atoms with E-state index < -0.39 is 10.8 Å². The van der Waals surface area contributed by atoms with Crippen molar-refractivity contribution in [3.05, 3.63) is 86.9 Å². The Kier molecular flexibility index (Phi) is 4.50. The van der Waals surface area contributed by atoms with Gasteiger partial charge in [0.1, 0.15) is 5.82 Å². The zero-order chi connectivity index (χ0) is 19.8. The number of ketones is 1. The van der Waals surface area contributed by atoms with E-state index in [1.165, 1.54) is 24.3 Å². The smallest absolute Gasteiger partial charge is 0.269 e. The zero-order valence-electron chi connectivity index (χ0n) is 14.9. The van der Waals surface area contributed by atoms with Crippen LogP contribution in [-0.2, 0) is 9.59 Å². The molecule has 0 aromatic heterocycles. The van der Waals surface area contributed by atoms with Crippen molar-refractivity contribution in [3.8, 4) is 0 Å². The molecule has 6 nitrogen and oxygen atoms in total. The van der Waals surface area contributed by atoms with Crippen molar-refractivity contribution in [2.24, 2.45) is 0 Å². The first-order chi connectivity index (χ1) is 13.4. The van der Waals surface area contributed by atoms with E-state index in [0.717, 1.165) is 5.56 Å². The van der Waals surface area contributed by atoms with Crippen molar-refractivity contribution in [1.82, 2.24) is 5.32 Å². The fourth-order valence-electron chi connectivity index (χ4n) is 4.07. The summed E-state index contributed by atoms with van der Waals surface area (Å²) in [4.78, 5) is 35.8. The molecule has 0 spiro atoms. The first-order valence-corrected chi connectivity index (χ1v) is 8.98. The summed E-state index contributed by atoms with van der Waals surface area (Å²) in [6.07, 6.45) is 0.794. The molecule has 1 amide bonds. The summed E-state index contributed by atoms with van der Waals surface area (Å²) >= 11 is 0. The fraction of sp³-hybridized carbons (Fsp3) is 0.238. The number of carbonyl (C=O) groups excluding carboxylic acids is 2. The molecular weight excluding hydrogens is 363 g/mol. The largest absolute Gasteiger partial charge is 0.329 e. The van der Waals surface area contributed by atoms with Crippen LogP contribution in [-0.4, -0.2) is 16.6 Å². The molecule has 142 valence electrons. The minimum atomic E-state index is -0.495. The number of Topliss-reactive ketones (excluding diaryl/α,β-unsaturated/α-hetero) is 1. The number of nitrogens with zero attached hydrogens (tertiary/aromatic N) is 1. The van der Waals surface area contributed by atoms with Crippen molar-refractivity contribution < 1.29 is 18.9 Å². The highest BCUT2D eigenvalue weighted by Gasteiger charge is 2.38. The average Bonchev–Trinajstić information content (AvgIpc) is 2.67. The number of nitro groups is 1. The Morgan fingerprint density at radius 3 is 2.46 bits per heavy atom. The molecule has 1 aliphatic carbocycles. The Hall–Kier alpha value is -3.35. The Balaban J connectivity index is 1.71. The van der Waals surface area contributed by atoms with Gasteiger partial charge in [-0.3, -0.25) is 19.7 Å². The fourth-order valence-corrected chi connectivity index (χ4v) is 4.07. The van der Waals surface area contributed by atoms with Crippen LogP contribution in [0.1, 0.15) is 42.2 Å². The first-order valence-electron chi connectivity index (χ1n) is 8.98. The lowest BCUT2D eigenvalue weighted by Crippen LogP contribution is -2.38.